The largest absolute Gasteiger partial charge is 0.337 e. The number of nitrogens with one attached hydrogen (secondary N) is 3. The molecule has 208 valence electrons. The molecule has 1 heterocycles. The first-order valence-electron chi connectivity index (χ1n) is 12.3. The van der Waals surface area contributed by atoms with Crippen molar-refractivity contribution >= 4 is 66.2 Å². The van der Waals surface area contributed by atoms with Crippen molar-refractivity contribution in [1.82, 2.24) is 19.6 Å². The van der Waals surface area contributed by atoms with Gasteiger partial charge >= 0.3 is 6.03 Å². The quantitative estimate of drug-likeness (QED) is 0.130. The number of halogens is 1. The molecule has 0 aliphatic heterocycles. The predicted molar refractivity (Wildman–Crippen MR) is 159 cm³/mol. The van der Waals surface area contributed by atoms with Crippen LogP contribution in [0.1, 0.15) is 19.8 Å². The molecule has 0 spiro atoms. The highest BCUT2D eigenvalue weighted by atomic mass is 79.9. The van der Waals surface area contributed by atoms with Gasteiger partial charge < -0.3 is 10.6 Å². The second-order valence-electron chi connectivity index (χ2n) is 8.60. The highest BCUT2D eigenvalue weighted by Crippen LogP contribution is 2.23. The van der Waals surface area contributed by atoms with Gasteiger partial charge in [0.05, 0.1) is 27.2 Å². The predicted octanol–water partition coefficient (Wildman–Crippen LogP) is 4.67. The molecule has 10 nitrogen and oxygen atoms in total. The summed E-state index contributed by atoms with van der Waals surface area (Å²) in [7, 11) is -4.07. The van der Waals surface area contributed by atoms with Crippen LogP contribution < -0.4 is 20.9 Å². The summed E-state index contributed by atoms with van der Waals surface area (Å²) in [5.74, 6) is -0.431. The highest BCUT2D eigenvalue weighted by molar-refractivity contribution is 9.10. The zero-order valence-corrected chi connectivity index (χ0v) is 24.6. The van der Waals surface area contributed by atoms with E-state index in [9.17, 15) is 22.8 Å². The second-order valence-corrected chi connectivity index (χ2v) is 12.1. The van der Waals surface area contributed by atoms with Crippen molar-refractivity contribution in [2.45, 2.75) is 29.8 Å². The van der Waals surface area contributed by atoms with Gasteiger partial charge in [0.15, 0.2) is 5.16 Å². The number of sulfonamides is 1. The van der Waals surface area contributed by atoms with Crippen molar-refractivity contribution in [3.8, 4) is 5.69 Å². The number of benzene rings is 3. The van der Waals surface area contributed by atoms with Gasteiger partial charge in [0.25, 0.3) is 15.6 Å². The smallest absolute Gasteiger partial charge is 0.328 e. The molecule has 3 N–H and O–H groups in total. The maximum Gasteiger partial charge on any atom is 0.328 e. The fourth-order valence-corrected chi connectivity index (χ4v) is 5.67. The van der Waals surface area contributed by atoms with Crippen LogP contribution in [0.2, 0.25) is 0 Å². The molecule has 1 aromatic heterocycles. The van der Waals surface area contributed by atoms with E-state index >= 15 is 0 Å². The van der Waals surface area contributed by atoms with Crippen LogP contribution in [0.3, 0.4) is 0 Å². The first kappa shape index (κ1) is 29.3. The number of nitrogens with zero attached hydrogens (tertiary/aromatic N) is 2. The molecule has 0 unspecified atom stereocenters. The molecule has 3 aromatic carbocycles. The zero-order chi connectivity index (χ0) is 28.7. The normalized spacial score (nSPS) is 11.2. The number of anilines is 1. The number of hydrogen-bond donors (Lipinski definition) is 3. The van der Waals surface area contributed by atoms with Gasteiger partial charge in [-0.05, 0) is 67.1 Å². The Hall–Kier alpha value is -3.68. The van der Waals surface area contributed by atoms with Crippen molar-refractivity contribution < 1.29 is 18.0 Å². The number of fused-ring (bicyclic) bond motifs is 1. The van der Waals surface area contributed by atoms with Crippen molar-refractivity contribution in [2.75, 3.05) is 17.6 Å². The zero-order valence-electron chi connectivity index (χ0n) is 21.4. The number of para-hydroxylation sites is 1. The van der Waals surface area contributed by atoms with Crippen molar-refractivity contribution in [3.63, 3.8) is 0 Å². The number of rotatable bonds is 10. The first-order valence-corrected chi connectivity index (χ1v) is 15.5. The second kappa shape index (κ2) is 13.1. The van der Waals surface area contributed by atoms with Gasteiger partial charge in [-0.1, -0.05) is 53.2 Å². The van der Waals surface area contributed by atoms with E-state index < -0.39 is 16.1 Å². The molecule has 40 heavy (non-hydrogen) atoms. The van der Waals surface area contributed by atoms with Gasteiger partial charge in [-0.2, -0.15) is 0 Å². The highest BCUT2D eigenvalue weighted by Gasteiger charge is 2.18. The molecule has 0 saturated carbocycles. The van der Waals surface area contributed by atoms with Crippen molar-refractivity contribution in [2.24, 2.45) is 0 Å². The molecule has 0 aliphatic carbocycles. The first-order chi connectivity index (χ1) is 19.2. The fraction of sp³-hybridized carbons (Fsp3) is 0.185. The topological polar surface area (TPSA) is 139 Å². The number of thioether (sulfide) groups is 1. The molecule has 0 bridgehead atoms. The van der Waals surface area contributed by atoms with Crippen LogP contribution in [0.5, 0.6) is 0 Å². The van der Waals surface area contributed by atoms with Crippen LogP contribution in [-0.4, -0.2) is 42.2 Å². The van der Waals surface area contributed by atoms with Gasteiger partial charge in [-0.25, -0.2) is 22.9 Å². The lowest BCUT2D eigenvalue weighted by Gasteiger charge is -2.13. The molecule has 13 heteroatoms. The lowest BCUT2D eigenvalue weighted by molar-refractivity contribution is -0.113. The molecule has 0 aliphatic rings. The summed E-state index contributed by atoms with van der Waals surface area (Å²) in [6.07, 6.45) is 1.60. The Balaban J connectivity index is 1.45. The van der Waals surface area contributed by atoms with Crippen LogP contribution in [0.25, 0.3) is 16.6 Å². The number of carbonyl (C=O) groups is 2. The lowest BCUT2D eigenvalue weighted by atomic mass is 10.2. The number of hydrogen-bond acceptors (Lipinski definition) is 7. The van der Waals surface area contributed by atoms with E-state index in [0.717, 1.165) is 29.1 Å². The molecule has 3 amide bonds. The summed E-state index contributed by atoms with van der Waals surface area (Å²) in [6.45, 7) is 2.33. The summed E-state index contributed by atoms with van der Waals surface area (Å²) in [6, 6.07) is 18.9. The Morgan fingerprint density at radius 3 is 2.40 bits per heavy atom. The summed E-state index contributed by atoms with van der Waals surface area (Å²) in [4.78, 5) is 42.4. The summed E-state index contributed by atoms with van der Waals surface area (Å²) >= 11 is 4.50. The molecular formula is C27H26BrN5O5S2. The van der Waals surface area contributed by atoms with Crippen LogP contribution in [0.15, 0.2) is 92.1 Å². The van der Waals surface area contributed by atoms with E-state index in [2.05, 4.69) is 31.5 Å². The maximum atomic E-state index is 13.3. The minimum absolute atomic E-state index is 0.0547. The number of amides is 3. The summed E-state index contributed by atoms with van der Waals surface area (Å²) < 4.78 is 29.2. The van der Waals surface area contributed by atoms with Crippen molar-refractivity contribution in [1.29, 1.82) is 0 Å². The fourth-order valence-electron chi connectivity index (χ4n) is 3.67. The maximum absolute atomic E-state index is 13.3. The number of unbranched alkanes of at least 4 members (excludes halogenated alkanes) is 1. The number of urea groups is 1. The molecule has 0 fully saturated rings. The molecule has 0 atom stereocenters. The minimum Gasteiger partial charge on any atom is -0.337 e. The van der Waals surface area contributed by atoms with Gasteiger partial charge in [0.1, 0.15) is 0 Å². The van der Waals surface area contributed by atoms with Crippen molar-refractivity contribution in [3.05, 3.63) is 87.6 Å². The van der Waals surface area contributed by atoms with E-state index in [1.165, 1.54) is 28.8 Å². The van der Waals surface area contributed by atoms with Gasteiger partial charge in [-0.15, -0.1) is 0 Å². The third kappa shape index (κ3) is 7.29. The van der Waals surface area contributed by atoms with Crippen LogP contribution in [0, 0.1) is 0 Å². The van der Waals surface area contributed by atoms with Crippen LogP contribution >= 0.6 is 27.7 Å². The monoisotopic (exact) mass is 643 g/mol. The SMILES string of the molecule is CCCCNC(=O)NS(=O)(=O)c1ccc(NC(=O)CSc2nc3ccccc3c(=O)n2-c2ccc(Br)cc2)cc1. The summed E-state index contributed by atoms with van der Waals surface area (Å²) in [5, 5.41) is 6.01. The van der Waals surface area contributed by atoms with Gasteiger partial charge in [0, 0.05) is 16.7 Å². The molecule has 4 rings (SSSR count). The Labute approximate surface area is 243 Å². The Kier molecular flexibility index (Phi) is 9.61. The van der Waals surface area contributed by atoms with Crippen LogP contribution in [0.4, 0.5) is 10.5 Å². The molecular weight excluding hydrogens is 618 g/mol. The molecule has 0 radical (unpaired) electrons. The molecule has 0 saturated heterocycles. The van der Waals surface area contributed by atoms with E-state index in [-0.39, 0.29) is 22.1 Å². The van der Waals surface area contributed by atoms with Gasteiger partial charge in [-0.3, -0.25) is 14.2 Å². The van der Waals surface area contributed by atoms with E-state index in [1.807, 2.05) is 23.8 Å². The van der Waals surface area contributed by atoms with E-state index in [1.54, 1.807) is 36.4 Å². The number of aromatic nitrogens is 2. The Bertz CT molecular complexity index is 1690. The van der Waals surface area contributed by atoms with E-state index in [0.29, 0.717) is 34.0 Å². The molecule has 4 aromatic rings. The number of carbonyl (C=O) groups excluding carboxylic acids is 2. The minimum atomic E-state index is -4.07. The lowest BCUT2D eigenvalue weighted by Crippen LogP contribution is -2.39. The average molecular weight is 645 g/mol. The third-order valence-corrected chi connectivity index (χ3v) is 8.47. The van der Waals surface area contributed by atoms with E-state index in [4.69, 9.17) is 0 Å². The van der Waals surface area contributed by atoms with Gasteiger partial charge in [0.2, 0.25) is 5.91 Å². The average Bonchev–Trinajstić information content (AvgIpc) is 2.93. The Morgan fingerprint density at radius 1 is 1.00 bits per heavy atom. The standard InChI is InChI=1S/C27H26BrN5O5S2/c1-2-3-16-29-26(36)32-40(37,38)21-14-10-19(11-15-21)30-24(34)17-39-27-31-23-7-5-4-6-22(23)25(35)33(27)20-12-8-18(28)9-13-20/h4-15H,2-3,16-17H2,1H3,(H,30,34)(H2,29,32,36). The summed E-state index contributed by atoms with van der Waals surface area (Å²) in [5.41, 5.74) is 1.25. The van der Waals surface area contributed by atoms with Crippen LogP contribution in [-0.2, 0) is 14.8 Å². The third-order valence-electron chi connectivity index (χ3n) is 5.65. The Morgan fingerprint density at radius 2 is 1.70 bits per heavy atom.